The quantitative estimate of drug-likeness (QED) is 0.526. The SMILES string of the molecule is COc1cccc(C(=O)N(Cc2ccccc2Cl)C2CC(=O)N(c3ccccc3)C2=O)c1. The van der Waals surface area contributed by atoms with E-state index in [0.717, 1.165) is 4.90 Å². The van der Waals surface area contributed by atoms with Gasteiger partial charge in [-0.1, -0.05) is 54.1 Å². The lowest BCUT2D eigenvalue weighted by Gasteiger charge is -2.28. The molecule has 3 aromatic carbocycles. The van der Waals surface area contributed by atoms with E-state index < -0.39 is 11.9 Å². The number of methoxy groups -OCH3 is 1. The molecule has 4 rings (SSSR count). The highest BCUT2D eigenvalue weighted by Crippen LogP contribution is 2.29. The van der Waals surface area contributed by atoms with E-state index in [1.54, 1.807) is 66.7 Å². The molecule has 1 saturated heterocycles. The number of imide groups is 1. The van der Waals surface area contributed by atoms with Gasteiger partial charge in [-0.2, -0.15) is 0 Å². The second kappa shape index (κ2) is 9.24. The third-order valence-corrected chi connectivity index (χ3v) is 5.76. The third-order valence-electron chi connectivity index (χ3n) is 5.39. The molecule has 0 bridgehead atoms. The van der Waals surface area contributed by atoms with E-state index in [4.69, 9.17) is 16.3 Å². The number of rotatable bonds is 6. The van der Waals surface area contributed by atoms with Gasteiger partial charge in [0.2, 0.25) is 5.91 Å². The van der Waals surface area contributed by atoms with Gasteiger partial charge in [0.25, 0.3) is 11.8 Å². The van der Waals surface area contributed by atoms with Crippen molar-refractivity contribution < 1.29 is 19.1 Å². The maximum absolute atomic E-state index is 13.6. The van der Waals surface area contributed by atoms with Crippen LogP contribution in [0.2, 0.25) is 5.02 Å². The van der Waals surface area contributed by atoms with Crippen LogP contribution in [-0.4, -0.2) is 35.8 Å². The van der Waals surface area contributed by atoms with E-state index in [9.17, 15) is 14.4 Å². The van der Waals surface area contributed by atoms with E-state index in [1.165, 1.54) is 12.0 Å². The summed E-state index contributed by atoms with van der Waals surface area (Å²) < 4.78 is 5.24. The average Bonchev–Trinajstić information content (AvgIpc) is 3.12. The Balaban J connectivity index is 1.72. The molecule has 1 heterocycles. The Labute approximate surface area is 191 Å². The Hall–Kier alpha value is -3.64. The summed E-state index contributed by atoms with van der Waals surface area (Å²) in [6.45, 7) is 0.0853. The summed E-state index contributed by atoms with van der Waals surface area (Å²) in [6.07, 6.45) is -0.103. The van der Waals surface area contributed by atoms with Crippen LogP contribution in [-0.2, 0) is 16.1 Å². The first-order valence-corrected chi connectivity index (χ1v) is 10.5. The van der Waals surface area contributed by atoms with Crippen LogP contribution < -0.4 is 9.64 Å². The average molecular weight is 449 g/mol. The zero-order valence-corrected chi connectivity index (χ0v) is 18.2. The normalized spacial score (nSPS) is 15.7. The zero-order chi connectivity index (χ0) is 22.7. The molecular formula is C25H21ClN2O4. The Morgan fingerprint density at radius 1 is 1.03 bits per heavy atom. The van der Waals surface area contributed by atoms with Crippen molar-refractivity contribution in [1.29, 1.82) is 0 Å². The summed E-state index contributed by atoms with van der Waals surface area (Å²) in [5.74, 6) is -0.656. The topological polar surface area (TPSA) is 66.9 Å². The fourth-order valence-electron chi connectivity index (χ4n) is 3.76. The van der Waals surface area contributed by atoms with Crippen molar-refractivity contribution in [3.63, 3.8) is 0 Å². The first-order valence-electron chi connectivity index (χ1n) is 10.1. The second-order valence-electron chi connectivity index (χ2n) is 7.38. The smallest absolute Gasteiger partial charge is 0.257 e. The molecule has 0 aliphatic carbocycles. The predicted octanol–water partition coefficient (Wildman–Crippen LogP) is 4.32. The van der Waals surface area contributed by atoms with Crippen molar-refractivity contribution in [3.05, 3.63) is 95.0 Å². The fourth-order valence-corrected chi connectivity index (χ4v) is 3.96. The highest BCUT2D eigenvalue weighted by molar-refractivity contribution is 6.31. The Morgan fingerprint density at radius 2 is 1.75 bits per heavy atom. The molecule has 0 N–H and O–H groups in total. The van der Waals surface area contributed by atoms with Gasteiger partial charge in [0.1, 0.15) is 11.8 Å². The largest absolute Gasteiger partial charge is 0.497 e. The molecule has 1 unspecified atom stereocenters. The van der Waals surface area contributed by atoms with Crippen LogP contribution in [0.4, 0.5) is 5.69 Å². The number of benzene rings is 3. The van der Waals surface area contributed by atoms with Crippen molar-refractivity contribution >= 4 is 35.0 Å². The minimum Gasteiger partial charge on any atom is -0.497 e. The Morgan fingerprint density at radius 3 is 2.47 bits per heavy atom. The second-order valence-corrected chi connectivity index (χ2v) is 7.79. The molecule has 162 valence electrons. The van der Waals surface area contributed by atoms with Gasteiger partial charge in [0, 0.05) is 17.1 Å². The zero-order valence-electron chi connectivity index (χ0n) is 17.4. The molecule has 7 heteroatoms. The minimum atomic E-state index is -0.947. The van der Waals surface area contributed by atoms with Crippen LogP contribution in [0.15, 0.2) is 78.9 Å². The van der Waals surface area contributed by atoms with Gasteiger partial charge in [-0.25, -0.2) is 4.90 Å². The number of carbonyl (C=O) groups excluding carboxylic acids is 3. The van der Waals surface area contributed by atoms with E-state index >= 15 is 0 Å². The highest BCUT2D eigenvalue weighted by atomic mass is 35.5. The van der Waals surface area contributed by atoms with Crippen LogP contribution in [0.3, 0.4) is 0 Å². The van der Waals surface area contributed by atoms with Crippen molar-refractivity contribution in [2.75, 3.05) is 12.0 Å². The lowest BCUT2D eigenvalue weighted by Crippen LogP contribution is -2.45. The first-order chi connectivity index (χ1) is 15.5. The number of hydrogen-bond acceptors (Lipinski definition) is 4. The number of anilines is 1. The van der Waals surface area contributed by atoms with E-state index in [0.29, 0.717) is 27.6 Å². The number of nitrogens with zero attached hydrogens (tertiary/aromatic N) is 2. The summed E-state index contributed by atoms with van der Waals surface area (Å²) >= 11 is 6.34. The molecular weight excluding hydrogens is 428 g/mol. The molecule has 1 aliphatic heterocycles. The molecule has 0 spiro atoms. The molecule has 0 radical (unpaired) electrons. The van der Waals surface area contributed by atoms with Gasteiger partial charge in [-0.15, -0.1) is 0 Å². The summed E-state index contributed by atoms with van der Waals surface area (Å²) in [5.41, 5.74) is 1.52. The van der Waals surface area contributed by atoms with E-state index in [2.05, 4.69) is 0 Å². The van der Waals surface area contributed by atoms with E-state index in [-0.39, 0.29) is 24.8 Å². The number of halogens is 1. The number of carbonyl (C=O) groups is 3. The predicted molar refractivity (Wildman–Crippen MR) is 122 cm³/mol. The van der Waals surface area contributed by atoms with E-state index in [1.807, 2.05) is 12.1 Å². The number of ether oxygens (including phenoxy) is 1. The molecule has 1 fully saturated rings. The van der Waals surface area contributed by atoms with Crippen molar-refractivity contribution in [3.8, 4) is 5.75 Å². The standard InChI is InChI=1S/C25H21ClN2O4/c1-32-20-12-7-9-17(14-20)24(30)27(16-18-8-5-6-13-21(18)26)22-15-23(29)28(25(22)31)19-10-3-2-4-11-19/h2-14,22H,15-16H2,1H3. The maximum Gasteiger partial charge on any atom is 0.257 e. The van der Waals surface area contributed by atoms with Crippen LogP contribution in [0, 0.1) is 0 Å². The van der Waals surface area contributed by atoms with Gasteiger partial charge in [-0.3, -0.25) is 14.4 Å². The van der Waals surface area contributed by atoms with Crippen LogP contribution in [0.1, 0.15) is 22.3 Å². The van der Waals surface area contributed by atoms with Gasteiger partial charge < -0.3 is 9.64 Å². The lowest BCUT2D eigenvalue weighted by molar-refractivity contribution is -0.122. The number of para-hydroxylation sites is 1. The summed E-state index contributed by atoms with van der Waals surface area (Å²) in [6, 6.07) is 21.6. The molecule has 3 aromatic rings. The number of amides is 3. The van der Waals surface area contributed by atoms with Crippen LogP contribution in [0.5, 0.6) is 5.75 Å². The molecule has 0 saturated carbocycles. The van der Waals surface area contributed by atoms with Gasteiger partial charge in [0.05, 0.1) is 19.2 Å². The molecule has 1 atom stereocenters. The molecule has 3 amide bonds. The minimum absolute atomic E-state index is 0.0853. The highest BCUT2D eigenvalue weighted by Gasteiger charge is 2.44. The summed E-state index contributed by atoms with van der Waals surface area (Å²) in [7, 11) is 1.52. The van der Waals surface area contributed by atoms with Gasteiger partial charge in [0.15, 0.2) is 0 Å². The Bertz CT molecular complexity index is 1170. The van der Waals surface area contributed by atoms with Gasteiger partial charge >= 0.3 is 0 Å². The summed E-state index contributed by atoms with van der Waals surface area (Å²) in [5, 5.41) is 0.479. The summed E-state index contributed by atoms with van der Waals surface area (Å²) in [4.78, 5) is 42.3. The molecule has 32 heavy (non-hydrogen) atoms. The molecule has 1 aliphatic rings. The third kappa shape index (κ3) is 4.22. The monoisotopic (exact) mass is 448 g/mol. The van der Waals surface area contributed by atoms with Gasteiger partial charge in [-0.05, 0) is 42.0 Å². The first kappa shape index (κ1) is 21.6. The molecule has 0 aromatic heterocycles. The fraction of sp³-hybridized carbons (Fsp3) is 0.160. The van der Waals surface area contributed by atoms with Crippen LogP contribution in [0.25, 0.3) is 0 Å². The van der Waals surface area contributed by atoms with Crippen molar-refractivity contribution in [2.45, 2.75) is 19.0 Å². The van der Waals surface area contributed by atoms with Crippen molar-refractivity contribution in [1.82, 2.24) is 4.90 Å². The maximum atomic E-state index is 13.6. The van der Waals surface area contributed by atoms with Crippen molar-refractivity contribution in [2.24, 2.45) is 0 Å². The molecule has 6 nitrogen and oxygen atoms in total. The number of hydrogen-bond donors (Lipinski definition) is 0. The Kier molecular flexibility index (Phi) is 6.23. The lowest BCUT2D eigenvalue weighted by atomic mass is 10.1. The van der Waals surface area contributed by atoms with Crippen LogP contribution >= 0.6 is 11.6 Å².